The molecule has 1 atom stereocenters. The highest BCUT2D eigenvalue weighted by Gasteiger charge is 2.21. The van der Waals surface area contributed by atoms with Crippen molar-refractivity contribution in [2.75, 3.05) is 6.61 Å². The van der Waals surface area contributed by atoms with E-state index in [0.717, 1.165) is 17.7 Å². The summed E-state index contributed by atoms with van der Waals surface area (Å²) in [6.07, 6.45) is 0. The zero-order valence-corrected chi connectivity index (χ0v) is 14.8. The summed E-state index contributed by atoms with van der Waals surface area (Å²) in [4.78, 5) is 12.1. The molecule has 0 saturated heterocycles. The van der Waals surface area contributed by atoms with Gasteiger partial charge in [-0.05, 0) is 23.1 Å². The predicted octanol–water partition coefficient (Wildman–Crippen LogP) is 4.02. The Balaban J connectivity index is 2.06. The molecule has 1 amide bonds. The van der Waals surface area contributed by atoms with Crippen LogP contribution in [0.2, 0.25) is 0 Å². The summed E-state index contributed by atoms with van der Waals surface area (Å²) in [5.41, 5.74) is 0.672. The predicted molar refractivity (Wildman–Crippen MR) is 93.5 cm³/mol. The molecule has 0 heterocycles. The fourth-order valence-electron chi connectivity index (χ4n) is 2.47. The summed E-state index contributed by atoms with van der Waals surface area (Å²) in [7, 11) is 0. The molecule has 0 aromatic heterocycles. The van der Waals surface area contributed by atoms with Crippen molar-refractivity contribution in [3.8, 4) is 11.8 Å². The van der Waals surface area contributed by atoms with Crippen molar-refractivity contribution in [3.63, 3.8) is 0 Å². The van der Waals surface area contributed by atoms with Crippen LogP contribution in [0.15, 0.2) is 42.5 Å². The molecule has 0 spiro atoms. The molecule has 2 aromatic carbocycles. The molecule has 2 aromatic rings. The largest absolute Gasteiger partial charge is 0.483 e. The summed E-state index contributed by atoms with van der Waals surface area (Å²) in [6, 6.07) is 10.8. The van der Waals surface area contributed by atoms with Crippen LogP contribution in [0.5, 0.6) is 5.75 Å². The maximum Gasteiger partial charge on any atom is 0.259 e. The fraction of sp³-hybridized carbons (Fsp3) is 0.300. The van der Waals surface area contributed by atoms with Crippen LogP contribution >= 0.6 is 0 Å². The Morgan fingerprint density at radius 3 is 2.54 bits per heavy atom. The fourth-order valence-corrected chi connectivity index (χ4v) is 2.47. The van der Waals surface area contributed by atoms with E-state index in [1.807, 2.05) is 32.9 Å². The molecule has 4 nitrogen and oxygen atoms in total. The van der Waals surface area contributed by atoms with Gasteiger partial charge in [0.1, 0.15) is 23.4 Å². The minimum atomic E-state index is -1.23. The number of ether oxygens (including phenoxy) is 1. The number of nitrogens with one attached hydrogen (secondary N) is 1. The van der Waals surface area contributed by atoms with Crippen LogP contribution in [0.3, 0.4) is 0 Å². The minimum absolute atomic E-state index is 0.0997. The van der Waals surface area contributed by atoms with Crippen molar-refractivity contribution in [3.05, 3.63) is 65.2 Å². The lowest BCUT2D eigenvalue weighted by atomic mass is 9.86. The van der Waals surface area contributed by atoms with E-state index >= 15 is 0 Å². The van der Waals surface area contributed by atoms with Crippen molar-refractivity contribution in [2.24, 2.45) is 0 Å². The maximum atomic E-state index is 13.8. The van der Waals surface area contributed by atoms with Crippen LogP contribution in [0, 0.1) is 23.0 Å². The molecule has 6 heteroatoms. The Kier molecular flexibility index (Phi) is 5.93. The molecular formula is C20H20F2N2O2. The van der Waals surface area contributed by atoms with Crippen molar-refractivity contribution in [1.82, 2.24) is 5.32 Å². The average Bonchev–Trinajstić information content (AvgIpc) is 2.58. The van der Waals surface area contributed by atoms with Gasteiger partial charge in [0.05, 0.1) is 6.07 Å². The monoisotopic (exact) mass is 358 g/mol. The van der Waals surface area contributed by atoms with Gasteiger partial charge in [-0.25, -0.2) is 8.78 Å². The van der Waals surface area contributed by atoms with E-state index in [4.69, 9.17) is 4.74 Å². The second-order valence-electron chi connectivity index (χ2n) is 6.83. The lowest BCUT2D eigenvalue weighted by molar-refractivity contribution is -0.123. The second-order valence-corrected chi connectivity index (χ2v) is 6.83. The standard InChI is InChI=1S/C20H20F2N2O2/c1-20(2,3)15-6-4-5-7-18(15)26-12-19(25)24-17(11-23)14-9-8-13(21)10-16(14)22/h4-10,17H,12H2,1-3H3,(H,24,25). The molecule has 0 aliphatic rings. The smallest absolute Gasteiger partial charge is 0.259 e. The third-order valence-corrected chi connectivity index (χ3v) is 3.76. The summed E-state index contributed by atoms with van der Waals surface area (Å²) in [5.74, 6) is -1.66. The first kappa shape index (κ1) is 19.4. The molecule has 136 valence electrons. The van der Waals surface area contributed by atoms with Crippen LogP contribution < -0.4 is 10.1 Å². The van der Waals surface area contributed by atoms with Gasteiger partial charge in [-0.1, -0.05) is 45.0 Å². The van der Waals surface area contributed by atoms with Gasteiger partial charge in [0, 0.05) is 11.6 Å². The number of amides is 1. The van der Waals surface area contributed by atoms with Gasteiger partial charge >= 0.3 is 0 Å². The molecule has 0 aliphatic carbocycles. The van der Waals surface area contributed by atoms with Gasteiger partial charge in [-0.2, -0.15) is 5.26 Å². The Labute approximate surface area is 151 Å². The van der Waals surface area contributed by atoms with Crippen LogP contribution in [0.1, 0.15) is 37.9 Å². The first-order valence-electron chi connectivity index (χ1n) is 8.08. The second kappa shape index (κ2) is 7.96. The normalized spacial score (nSPS) is 12.2. The third kappa shape index (κ3) is 4.79. The van der Waals surface area contributed by atoms with Crippen LogP contribution in [0.25, 0.3) is 0 Å². The first-order valence-corrected chi connectivity index (χ1v) is 8.08. The Hall–Kier alpha value is -2.94. The molecular weight excluding hydrogens is 338 g/mol. The summed E-state index contributed by atoms with van der Waals surface area (Å²) in [6.45, 7) is 5.75. The number of rotatable bonds is 5. The topological polar surface area (TPSA) is 62.1 Å². The Bertz CT molecular complexity index is 838. The number of benzene rings is 2. The summed E-state index contributed by atoms with van der Waals surface area (Å²) >= 11 is 0. The van der Waals surface area contributed by atoms with Crippen LogP contribution in [-0.4, -0.2) is 12.5 Å². The highest BCUT2D eigenvalue weighted by atomic mass is 19.1. The Morgan fingerprint density at radius 1 is 1.23 bits per heavy atom. The first-order chi connectivity index (χ1) is 12.2. The molecule has 26 heavy (non-hydrogen) atoms. The van der Waals surface area contributed by atoms with Gasteiger partial charge in [0.25, 0.3) is 5.91 Å². The molecule has 0 bridgehead atoms. The number of para-hydroxylation sites is 1. The van der Waals surface area contributed by atoms with Gasteiger partial charge in [-0.3, -0.25) is 4.79 Å². The van der Waals surface area contributed by atoms with Gasteiger partial charge in [0.2, 0.25) is 0 Å². The van der Waals surface area contributed by atoms with Crippen molar-refractivity contribution >= 4 is 5.91 Å². The van der Waals surface area contributed by atoms with E-state index in [1.165, 1.54) is 0 Å². The SMILES string of the molecule is CC(C)(C)c1ccccc1OCC(=O)NC(C#N)c1ccc(F)cc1F. The van der Waals surface area contributed by atoms with Crippen LogP contribution in [0.4, 0.5) is 8.78 Å². The highest BCUT2D eigenvalue weighted by molar-refractivity contribution is 5.78. The number of nitrogens with zero attached hydrogens (tertiary/aromatic N) is 1. The molecule has 1 N–H and O–H groups in total. The summed E-state index contributed by atoms with van der Waals surface area (Å²) < 4.78 is 32.4. The van der Waals surface area contributed by atoms with Gasteiger partial charge in [-0.15, -0.1) is 0 Å². The maximum absolute atomic E-state index is 13.8. The van der Waals surface area contributed by atoms with E-state index in [0.29, 0.717) is 11.8 Å². The van der Waals surface area contributed by atoms with Crippen molar-refractivity contribution in [1.29, 1.82) is 5.26 Å². The van der Waals surface area contributed by atoms with E-state index in [9.17, 15) is 18.8 Å². The number of carbonyl (C=O) groups is 1. The van der Waals surface area contributed by atoms with Crippen molar-refractivity contribution < 1.29 is 18.3 Å². The molecule has 0 fully saturated rings. The lowest BCUT2D eigenvalue weighted by Gasteiger charge is -2.22. The molecule has 0 aliphatic heterocycles. The van der Waals surface area contributed by atoms with Gasteiger partial charge < -0.3 is 10.1 Å². The number of halogens is 2. The number of hydrogen-bond acceptors (Lipinski definition) is 3. The molecule has 2 rings (SSSR count). The van der Waals surface area contributed by atoms with E-state index in [-0.39, 0.29) is 17.6 Å². The minimum Gasteiger partial charge on any atom is -0.483 e. The third-order valence-electron chi connectivity index (χ3n) is 3.76. The van der Waals surface area contributed by atoms with E-state index in [1.54, 1.807) is 18.2 Å². The van der Waals surface area contributed by atoms with Crippen LogP contribution in [-0.2, 0) is 10.2 Å². The van der Waals surface area contributed by atoms with E-state index < -0.39 is 23.6 Å². The summed E-state index contributed by atoms with van der Waals surface area (Å²) in [5, 5.41) is 11.6. The molecule has 0 radical (unpaired) electrons. The number of hydrogen-bond donors (Lipinski definition) is 1. The molecule has 0 saturated carbocycles. The zero-order chi connectivity index (χ0) is 19.3. The number of carbonyl (C=O) groups excluding carboxylic acids is 1. The number of nitriles is 1. The average molecular weight is 358 g/mol. The zero-order valence-electron chi connectivity index (χ0n) is 14.8. The highest BCUT2D eigenvalue weighted by Crippen LogP contribution is 2.30. The lowest BCUT2D eigenvalue weighted by Crippen LogP contribution is -2.32. The quantitative estimate of drug-likeness (QED) is 0.878. The molecule has 1 unspecified atom stereocenters. The van der Waals surface area contributed by atoms with E-state index in [2.05, 4.69) is 5.32 Å². The van der Waals surface area contributed by atoms with Crippen molar-refractivity contribution in [2.45, 2.75) is 32.2 Å². The van der Waals surface area contributed by atoms with Gasteiger partial charge in [0.15, 0.2) is 6.61 Å². The Morgan fingerprint density at radius 2 is 1.92 bits per heavy atom.